The van der Waals surface area contributed by atoms with E-state index in [1.807, 2.05) is 30.3 Å². The number of aromatic nitrogens is 1. The lowest BCUT2D eigenvalue weighted by atomic mass is 10.1. The predicted molar refractivity (Wildman–Crippen MR) is 99.5 cm³/mol. The van der Waals surface area contributed by atoms with Gasteiger partial charge in [0.1, 0.15) is 5.69 Å². The number of hydrogen-bond acceptors (Lipinski definition) is 5. The van der Waals surface area contributed by atoms with Gasteiger partial charge >= 0.3 is 0 Å². The van der Waals surface area contributed by atoms with Gasteiger partial charge in [0.05, 0.1) is 16.5 Å². The van der Waals surface area contributed by atoms with Crippen LogP contribution in [0.1, 0.15) is 40.8 Å². The molecule has 1 aliphatic rings. The molecule has 1 atom stereocenters. The molecule has 1 amide bonds. The van der Waals surface area contributed by atoms with Crippen LogP contribution < -0.4 is 0 Å². The summed E-state index contributed by atoms with van der Waals surface area (Å²) in [6, 6.07) is 9.39. The third kappa shape index (κ3) is 4.46. The summed E-state index contributed by atoms with van der Waals surface area (Å²) in [5, 5.41) is 2.74. The summed E-state index contributed by atoms with van der Waals surface area (Å²) in [5.41, 5.74) is 1.41. The smallest absolute Gasteiger partial charge is 0.273 e. The molecule has 0 unspecified atom stereocenters. The Morgan fingerprint density at radius 2 is 2.08 bits per heavy atom. The number of hydrogen-bond donors (Lipinski definition) is 0. The minimum atomic E-state index is -3.06. The zero-order valence-electron chi connectivity index (χ0n) is 14.2. The van der Waals surface area contributed by atoms with Gasteiger partial charge in [-0.25, -0.2) is 13.4 Å². The summed E-state index contributed by atoms with van der Waals surface area (Å²) in [5.74, 6) is 0.0101. The molecule has 0 radical (unpaired) electrons. The maximum absolute atomic E-state index is 13.0. The van der Waals surface area contributed by atoms with Crippen LogP contribution in [0.25, 0.3) is 0 Å². The van der Waals surface area contributed by atoms with Crippen molar-refractivity contribution in [3.8, 4) is 0 Å². The number of amides is 1. The quantitative estimate of drug-likeness (QED) is 0.775. The number of carbonyl (C=O) groups excluding carboxylic acids is 1. The van der Waals surface area contributed by atoms with E-state index < -0.39 is 9.84 Å². The summed E-state index contributed by atoms with van der Waals surface area (Å²) in [6.07, 6.45) is 2.33. The Hall–Kier alpha value is -1.73. The zero-order valence-corrected chi connectivity index (χ0v) is 15.9. The van der Waals surface area contributed by atoms with Gasteiger partial charge in [-0.15, -0.1) is 11.3 Å². The van der Waals surface area contributed by atoms with Gasteiger partial charge in [0, 0.05) is 18.0 Å². The lowest BCUT2D eigenvalue weighted by Gasteiger charge is -2.27. The van der Waals surface area contributed by atoms with Crippen LogP contribution in [-0.4, -0.2) is 41.8 Å². The predicted octanol–water partition coefficient (Wildman–Crippen LogP) is 2.93. The Morgan fingerprint density at radius 3 is 2.72 bits per heavy atom. The van der Waals surface area contributed by atoms with E-state index in [2.05, 4.69) is 11.9 Å². The van der Waals surface area contributed by atoms with Crippen molar-refractivity contribution in [2.24, 2.45) is 0 Å². The van der Waals surface area contributed by atoms with E-state index in [4.69, 9.17) is 0 Å². The molecular formula is C18H22N2O3S2. The molecule has 2 heterocycles. The Labute approximate surface area is 152 Å². The Bertz CT molecular complexity index is 831. The SMILES string of the molecule is CCCc1nc(C(=O)N(Cc2ccccc2)[C@H]2CCS(=O)(=O)C2)cs1. The average Bonchev–Trinajstić information content (AvgIpc) is 3.20. The fourth-order valence-electron chi connectivity index (χ4n) is 3.05. The molecule has 25 heavy (non-hydrogen) atoms. The second-order valence-corrected chi connectivity index (χ2v) is 9.52. The molecule has 1 saturated heterocycles. The second-order valence-electron chi connectivity index (χ2n) is 6.35. The summed E-state index contributed by atoms with van der Waals surface area (Å²) < 4.78 is 23.8. The molecule has 0 N–H and O–H groups in total. The van der Waals surface area contributed by atoms with Crippen molar-refractivity contribution in [2.75, 3.05) is 11.5 Å². The lowest BCUT2D eigenvalue weighted by Crippen LogP contribution is -2.40. The van der Waals surface area contributed by atoms with Crippen LogP contribution in [-0.2, 0) is 22.8 Å². The van der Waals surface area contributed by atoms with E-state index in [9.17, 15) is 13.2 Å². The first-order chi connectivity index (χ1) is 12.0. The van der Waals surface area contributed by atoms with Crippen molar-refractivity contribution >= 4 is 27.1 Å². The number of sulfone groups is 1. The standard InChI is InChI=1S/C18H22N2O3S2/c1-2-6-17-19-16(12-24-17)18(21)20(11-14-7-4-3-5-8-14)15-9-10-25(22,23)13-15/h3-5,7-8,12,15H,2,6,9-11,13H2,1H3/t15-/m0/s1. The second kappa shape index (κ2) is 7.66. The van der Waals surface area contributed by atoms with Crippen molar-refractivity contribution in [3.63, 3.8) is 0 Å². The zero-order chi connectivity index (χ0) is 17.9. The van der Waals surface area contributed by atoms with Crippen molar-refractivity contribution in [3.05, 3.63) is 52.0 Å². The van der Waals surface area contributed by atoms with Crippen molar-refractivity contribution in [1.29, 1.82) is 0 Å². The fraction of sp³-hybridized carbons (Fsp3) is 0.444. The number of rotatable bonds is 6. The highest BCUT2D eigenvalue weighted by Crippen LogP contribution is 2.23. The van der Waals surface area contributed by atoms with Gasteiger partial charge < -0.3 is 4.90 Å². The highest BCUT2D eigenvalue weighted by molar-refractivity contribution is 7.91. The highest BCUT2D eigenvalue weighted by atomic mass is 32.2. The van der Waals surface area contributed by atoms with Gasteiger partial charge in [-0.05, 0) is 24.8 Å². The molecule has 5 nitrogen and oxygen atoms in total. The van der Waals surface area contributed by atoms with Gasteiger partial charge in [-0.2, -0.15) is 0 Å². The topological polar surface area (TPSA) is 67.3 Å². The summed E-state index contributed by atoms with van der Waals surface area (Å²) in [6.45, 7) is 2.48. The van der Waals surface area contributed by atoms with Crippen LogP contribution in [0.4, 0.5) is 0 Å². The minimum Gasteiger partial charge on any atom is -0.329 e. The normalized spacial score (nSPS) is 19.0. The molecule has 0 bridgehead atoms. The van der Waals surface area contributed by atoms with E-state index in [1.54, 1.807) is 10.3 Å². The molecule has 134 valence electrons. The maximum atomic E-state index is 13.0. The fourth-order valence-corrected chi connectivity index (χ4v) is 5.66. The van der Waals surface area contributed by atoms with E-state index in [0.717, 1.165) is 23.4 Å². The number of thiazole rings is 1. The number of aryl methyl sites for hydroxylation is 1. The van der Waals surface area contributed by atoms with Gasteiger partial charge in [0.25, 0.3) is 5.91 Å². The van der Waals surface area contributed by atoms with Gasteiger partial charge in [-0.3, -0.25) is 4.79 Å². The summed E-state index contributed by atoms with van der Waals surface area (Å²) >= 11 is 1.49. The van der Waals surface area contributed by atoms with E-state index in [1.165, 1.54) is 11.3 Å². The van der Waals surface area contributed by atoms with Crippen LogP contribution in [0, 0.1) is 0 Å². The molecule has 1 fully saturated rings. The van der Waals surface area contributed by atoms with Gasteiger partial charge in [0.2, 0.25) is 0 Å². The average molecular weight is 379 g/mol. The van der Waals surface area contributed by atoms with Crippen molar-refractivity contribution in [2.45, 2.75) is 38.8 Å². The van der Waals surface area contributed by atoms with Crippen molar-refractivity contribution < 1.29 is 13.2 Å². The van der Waals surface area contributed by atoms with Gasteiger partial charge in [0.15, 0.2) is 9.84 Å². The minimum absolute atomic E-state index is 0.0392. The molecule has 0 spiro atoms. The van der Waals surface area contributed by atoms with E-state index in [-0.39, 0.29) is 23.5 Å². The molecule has 0 aliphatic carbocycles. The van der Waals surface area contributed by atoms with Crippen LogP contribution >= 0.6 is 11.3 Å². The Kier molecular flexibility index (Phi) is 5.54. The first-order valence-corrected chi connectivity index (χ1v) is 11.2. The van der Waals surface area contributed by atoms with Crippen LogP contribution in [0.5, 0.6) is 0 Å². The summed E-state index contributed by atoms with van der Waals surface area (Å²) in [4.78, 5) is 19.2. The van der Waals surface area contributed by atoms with Crippen LogP contribution in [0.2, 0.25) is 0 Å². The molecule has 7 heteroatoms. The number of carbonyl (C=O) groups is 1. The first-order valence-electron chi connectivity index (χ1n) is 8.48. The first kappa shape index (κ1) is 18.1. The highest BCUT2D eigenvalue weighted by Gasteiger charge is 2.35. The number of nitrogens with zero attached hydrogens (tertiary/aromatic N) is 2. The Morgan fingerprint density at radius 1 is 1.32 bits per heavy atom. The molecule has 0 saturated carbocycles. The largest absolute Gasteiger partial charge is 0.329 e. The molecule has 1 aromatic heterocycles. The maximum Gasteiger partial charge on any atom is 0.273 e. The third-order valence-electron chi connectivity index (χ3n) is 4.34. The number of benzene rings is 1. The van der Waals surface area contributed by atoms with Gasteiger partial charge in [-0.1, -0.05) is 37.3 Å². The lowest BCUT2D eigenvalue weighted by molar-refractivity contribution is 0.0675. The molecular weight excluding hydrogens is 356 g/mol. The van der Waals surface area contributed by atoms with Crippen molar-refractivity contribution in [1.82, 2.24) is 9.88 Å². The molecule has 2 aromatic rings. The Balaban J connectivity index is 1.85. The van der Waals surface area contributed by atoms with Crippen LogP contribution in [0.15, 0.2) is 35.7 Å². The molecule has 3 rings (SSSR count). The van der Waals surface area contributed by atoms with Crippen LogP contribution in [0.3, 0.4) is 0 Å². The van der Waals surface area contributed by atoms with E-state index >= 15 is 0 Å². The van der Waals surface area contributed by atoms with E-state index in [0.29, 0.717) is 18.7 Å². The molecule has 1 aliphatic heterocycles. The monoisotopic (exact) mass is 378 g/mol. The third-order valence-corrected chi connectivity index (χ3v) is 7.00. The summed E-state index contributed by atoms with van der Waals surface area (Å²) in [7, 11) is -3.06. The molecule has 1 aromatic carbocycles.